The Morgan fingerprint density at radius 3 is 2.30 bits per heavy atom. The van der Waals surface area contributed by atoms with Crippen LogP contribution in [0.3, 0.4) is 0 Å². The minimum Gasteiger partial charge on any atom is -0.490 e. The highest BCUT2D eigenvalue weighted by Crippen LogP contribution is 2.44. The number of carbonyl (C=O) groups is 2. The smallest absolute Gasteiger partial charge is 0.307 e. The molecule has 0 aliphatic carbocycles. The van der Waals surface area contributed by atoms with Crippen LogP contribution in [0.5, 0.6) is 5.75 Å². The predicted octanol–water partition coefficient (Wildman–Crippen LogP) is 5.78. The molecule has 7 nitrogen and oxygen atoms in total. The van der Waals surface area contributed by atoms with E-state index in [9.17, 15) is 19.1 Å². The summed E-state index contributed by atoms with van der Waals surface area (Å²) in [7, 11) is 0. The molecule has 0 saturated carbocycles. The highest BCUT2D eigenvalue weighted by Gasteiger charge is 2.32. The lowest BCUT2D eigenvalue weighted by Gasteiger charge is -2.25. The Morgan fingerprint density at radius 2 is 1.68 bits per heavy atom. The molecular weight excluding hydrogens is 511 g/mol. The Morgan fingerprint density at radius 1 is 1.02 bits per heavy atom. The first-order valence-corrected chi connectivity index (χ1v) is 13.4. The summed E-state index contributed by atoms with van der Waals surface area (Å²) in [5, 5.41) is 21.7. The van der Waals surface area contributed by atoms with Gasteiger partial charge in [0.25, 0.3) is 5.91 Å². The fourth-order valence-electron chi connectivity index (χ4n) is 5.38. The number of carboxylic acid groups (broad SMARTS) is 1. The Bertz CT molecular complexity index is 1470. The molecule has 0 radical (unpaired) electrons. The third kappa shape index (κ3) is 6.12. The van der Waals surface area contributed by atoms with Crippen LogP contribution in [0.1, 0.15) is 64.5 Å². The molecule has 8 heteroatoms. The van der Waals surface area contributed by atoms with Crippen molar-refractivity contribution in [2.24, 2.45) is 0 Å². The first-order valence-electron chi connectivity index (χ1n) is 13.4. The van der Waals surface area contributed by atoms with Crippen molar-refractivity contribution in [3.05, 3.63) is 81.2 Å². The number of nitrogens with zero attached hydrogens (tertiary/aromatic N) is 1. The van der Waals surface area contributed by atoms with E-state index in [0.29, 0.717) is 31.8 Å². The van der Waals surface area contributed by atoms with E-state index in [-0.39, 0.29) is 12.3 Å². The van der Waals surface area contributed by atoms with Gasteiger partial charge in [-0.05, 0) is 110 Å². The fourth-order valence-corrected chi connectivity index (χ4v) is 5.38. The maximum Gasteiger partial charge on any atom is 0.307 e. The van der Waals surface area contributed by atoms with Crippen LogP contribution in [-0.4, -0.2) is 45.7 Å². The molecular formula is C32H37FN2O5. The number of amides is 1. The van der Waals surface area contributed by atoms with E-state index in [0.717, 1.165) is 55.9 Å². The van der Waals surface area contributed by atoms with Crippen molar-refractivity contribution in [3.8, 4) is 16.9 Å². The molecule has 2 aliphatic rings. The third-order valence-electron chi connectivity index (χ3n) is 7.14. The SMILES string of the molecule is CC(C)(C)O.Cc1c2c(c(C)c(-c3ccc4c(c3C)NCCO4)c1CC(=O)O)CN(C(=O)c1cccc(F)c1)C2. The molecule has 3 aromatic carbocycles. The van der Waals surface area contributed by atoms with Gasteiger partial charge in [0.15, 0.2) is 0 Å². The summed E-state index contributed by atoms with van der Waals surface area (Å²) >= 11 is 0. The molecule has 0 fully saturated rings. The first-order chi connectivity index (χ1) is 18.8. The zero-order valence-electron chi connectivity index (χ0n) is 23.9. The van der Waals surface area contributed by atoms with Crippen LogP contribution in [0, 0.1) is 26.6 Å². The molecule has 0 spiro atoms. The van der Waals surface area contributed by atoms with Crippen molar-refractivity contribution in [1.29, 1.82) is 0 Å². The Hall–Kier alpha value is -3.91. The van der Waals surface area contributed by atoms with Gasteiger partial charge in [0.05, 0.1) is 17.7 Å². The average Bonchev–Trinajstić information content (AvgIpc) is 3.33. The number of ether oxygens (including phenoxy) is 1. The van der Waals surface area contributed by atoms with Crippen LogP contribution >= 0.6 is 0 Å². The molecule has 0 atom stereocenters. The second kappa shape index (κ2) is 11.3. The van der Waals surface area contributed by atoms with Crippen LogP contribution in [0.25, 0.3) is 11.1 Å². The number of aliphatic hydroxyl groups is 1. The van der Waals surface area contributed by atoms with E-state index < -0.39 is 17.4 Å². The van der Waals surface area contributed by atoms with Gasteiger partial charge < -0.3 is 25.2 Å². The van der Waals surface area contributed by atoms with Crippen LogP contribution in [0.2, 0.25) is 0 Å². The lowest BCUT2D eigenvalue weighted by atomic mass is 9.83. The second-order valence-corrected chi connectivity index (χ2v) is 11.4. The average molecular weight is 549 g/mol. The van der Waals surface area contributed by atoms with Crippen LogP contribution in [0.15, 0.2) is 36.4 Å². The lowest BCUT2D eigenvalue weighted by Crippen LogP contribution is -2.25. The van der Waals surface area contributed by atoms with E-state index in [4.69, 9.17) is 9.84 Å². The second-order valence-electron chi connectivity index (χ2n) is 11.4. The lowest BCUT2D eigenvalue weighted by molar-refractivity contribution is -0.136. The number of benzene rings is 3. The van der Waals surface area contributed by atoms with Crippen molar-refractivity contribution in [2.75, 3.05) is 18.5 Å². The predicted molar refractivity (Wildman–Crippen MR) is 153 cm³/mol. The van der Waals surface area contributed by atoms with Gasteiger partial charge in [-0.15, -0.1) is 0 Å². The first kappa shape index (κ1) is 29.1. The number of halogens is 1. The largest absolute Gasteiger partial charge is 0.490 e. The van der Waals surface area contributed by atoms with Gasteiger partial charge in [-0.25, -0.2) is 4.39 Å². The fraction of sp³-hybridized carbons (Fsp3) is 0.375. The molecule has 3 aromatic rings. The summed E-state index contributed by atoms with van der Waals surface area (Å²) in [6, 6.07) is 9.62. The van der Waals surface area contributed by atoms with E-state index in [2.05, 4.69) is 5.32 Å². The number of hydrogen-bond acceptors (Lipinski definition) is 5. The summed E-state index contributed by atoms with van der Waals surface area (Å²) < 4.78 is 19.5. The van der Waals surface area contributed by atoms with Gasteiger partial charge in [-0.3, -0.25) is 9.59 Å². The molecule has 3 N–H and O–H groups in total. The van der Waals surface area contributed by atoms with Crippen molar-refractivity contribution in [1.82, 2.24) is 4.90 Å². The molecule has 0 saturated heterocycles. The molecule has 2 aliphatic heterocycles. The number of carbonyl (C=O) groups excluding carboxylic acids is 1. The molecule has 40 heavy (non-hydrogen) atoms. The maximum atomic E-state index is 13.7. The normalized spacial score (nSPS) is 13.8. The van der Waals surface area contributed by atoms with Crippen LogP contribution in [-0.2, 0) is 24.3 Å². The van der Waals surface area contributed by atoms with E-state index >= 15 is 0 Å². The summed E-state index contributed by atoms with van der Waals surface area (Å²) in [6.45, 7) is 13.2. The summed E-state index contributed by atoms with van der Waals surface area (Å²) in [5.74, 6) is -0.810. The molecule has 5 rings (SSSR count). The number of nitrogens with one attached hydrogen (secondary N) is 1. The van der Waals surface area contributed by atoms with Gasteiger partial charge in [0.1, 0.15) is 18.2 Å². The Balaban J connectivity index is 0.000000681. The maximum absolute atomic E-state index is 13.7. The Labute approximate surface area is 234 Å². The zero-order valence-corrected chi connectivity index (χ0v) is 23.9. The molecule has 212 valence electrons. The Kier molecular flexibility index (Phi) is 8.21. The van der Waals surface area contributed by atoms with Gasteiger partial charge in [-0.2, -0.15) is 0 Å². The van der Waals surface area contributed by atoms with Gasteiger partial charge in [0.2, 0.25) is 0 Å². The number of hydrogen-bond donors (Lipinski definition) is 3. The van der Waals surface area contributed by atoms with Gasteiger partial charge in [0, 0.05) is 25.2 Å². The summed E-state index contributed by atoms with van der Waals surface area (Å²) in [4.78, 5) is 26.8. The monoisotopic (exact) mass is 548 g/mol. The van der Waals surface area contributed by atoms with Crippen molar-refractivity contribution in [2.45, 2.75) is 66.7 Å². The summed E-state index contributed by atoms with van der Waals surface area (Å²) in [5.41, 5.74) is 8.20. The van der Waals surface area contributed by atoms with E-state index in [1.807, 2.05) is 32.9 Å². The minimum absolute atomic E-state index is 0.117. The number of carboxylic acids is 1. The molecule has 0 bridgehead atoms. The molecule has 2 heterocycles. The van der Waals surface area contributed by atoms with Gasteiger partial charge >= 0.3 is 5.97 Å². The van der Waals surface area contributed by atoms with Crippen LogP contribution < -0.4 is 10.1 Å². The standard InChI is InChI=1S/C28H27FN2O4.C4H10O/c1-15-21(12-25(32)33)26(20-7-8-24-27(17(20)3)30-9-10-35-24)16(2)23-14-31(13-22(15)23)28(34)18-5-4-6-19(29)11-18;1-4(2,3)5/h4-8,11,30H,9-10,12-14H2,1-3H3,(H,32,33);5H,1-3H3. The van der Waals surface area contributed by atoms with E-state index in [1.165, 1.54) is 18.2 Å². The quantitative estimate of drug-likeness (QED) is 0.382. The minimum atomic E-state index is -0.906. The third-order valence-corrected chi connectivity index (χ3v) is 7.14. The zero-order chi connectivity index (χ0) is 29.4. The van der Waals surface area contributed by atoms with Crippen LogP contribution in [0.4, 0.5) is 10.1 Å². The van der Waals surface area contributed by atoms with Gasteiger partial charge in [-0.1, -0.05) is 12.1 Å². The highest BCUT2D eigenvalue weighted by molar-refractivity contribution is 5.95. The highest BCUT2D eigenvalue weighted by atomic mass is 19.1. The number of rotatable bonds is 4. The van der Waals surface area contributed by atoms with Crippen molar-refractivity contribution in [3.63, 3.8) is 0 Å². The van der Waals surface area contributed by atoms with Crippen molar-refractivity contribution < 1.29 is 28.9 Å². The van der Waals surface area contributed by atoms with Crippen molar-refractivity contribution >= 4 is 17.6 Å². The molecule has 0 aromatic heterocycles. The molecule has 1 amide bonds. The summed E-state index contributed by atoms with van der Waals surface area (Å²) in [6.07, 6.45) is -0.117. The number of anilines is 1. The molecule has 0 unspecified atom stereocenters. The number of fused-ring (bicyclic) bond motifs is 2. The van der Waals surface area contributed by atoms with E-state index in [1.54, 1.807) is 31.7 Å². The topological polar surface area (TPSA) is 99.1 Å². The number of aliphatic carboxylic acids is 1.